The van der Waals surface area contributed by atoms with E-state index in [1.54, 1.807) is 12.1 Å². The van der Waals surface area contributed by atoms with Gasteiger partial charge in [-0.25, -0.2) is 0 Å². The number of likely N-dealkylation sites (tertiary alicyclic amines) is 1. The maximum Gasteiger partial charge on any atom is 0.253 e. The van der Waals surface area contributed by atoms with Crippen LogP contribution < -0.4 is 5.32 Å². The van der Waals surface area contributed by atoms with E-state index in [2.05, 4.69) is 58.7 Å². The summed E-state index contributed by atoms with van der Waals surface area (Å²) < 4.78 is 0. The van der Waals surface area contributed by atoms with Crippen LogP contribution in [0.5, 0.6) is 0 Å². The summed E-state index contributed by atoms with van der Waals surface area (Å²) in [5.74, 6) is -0.110. The van der Waals surface area contributed by atoms with Crippen LogP contribution in [0.2, 0.25) is 5.02 Å². The summed E-state index contributed by atoms with van der Waals surface area (Å²) in [4.78, 5) is 14.9. The van der Waals surface area contributed by atoms with E-state index in [4.69, 9.17) is 11.6 Å². The lowest BCUT2D eigenvalue weighted by molar-refractivity contribution is 0.0718. The van der Waals surface area contributed by atoms with Crippen molar-refractivity contribution in [2.24, 2.45) is 0 Å². The van der Waals surface area contributed by atoms with Crippen LogP contribution in [0.15, 0.2) is 84.9 Å². The van der Waals surface area contributed by atoms with Gasteiger partial charge in [0.15, 0.2) is 0 Å². The van der Waals surface area contributed by atoms with Crippen molar-refractivity contribution in [1.82, 2.24) is 10.2 Å². The Kier molecular flexibility index (Phi) is 5.23. The van der Waals surface area contributed by atoms with E-state index >= 15 is 0 Å². The Morgan fingerprint density at radius 1 is 0.852 bits per heavy atom. The topological polar surface area (TPSA) is 32.3 Å². The van der Waals surface area contributed by atoms with Gasteiger partial charge in [-0.05, 0) is 23.3 Å². The largest absolute Gasteiger partial charge is 0.347 e. The van der Waals surface area contributed by atoms with Crippen molar-refractivity contribution in [3.8, 4) is 0 Å². The molecule has 0 bridgehead atoms. The Labute approximate surface area is 164 Å². The van der Waals surface area contributed by atoms with Crippen molar-refractivity contribution in [2.45, 2.75) is 12.1 Å². The van der Waals surface area contributed by atoms with Crippen LogP contribution in [-0.2, 0) is 0 Å². The third kappa shape index (κ3) is 3.90. The lowest BCUT2D eigenvalue weighted by Gasteiger charge is -2.45. The van der Waals surface area contributed by atoms with Gasteiger partial charge in [-0.3, -0.25) is 9.69 Å². The molecule has 27 heavy (non-hydrogen) atoms. The first-order valence-corrected chi connectivity index (χ1v) is 9.49. The van der Waals surface area contributed by atoms with Crippen LogP contribution in [0.4, 0.5) is 0 Å². The van der Waals surface area contributed by atoms with Gasteiger partial charge in [0.25, 0.3) is 5.91 Å². The Bertz CT molecular complexity index is 868. The van der Waals surface area contributed by atoms with Gasteiger partial charge >= 0.3 is 0 Å². The van der Waals surface area contributed by atoms with Crippen molar-refractivity contribution in [1.29, 1.82) is 0 Å². The maximum absolute atomic E-state index is 12.5. The lowest BCUT2D eigenvalue weighted by atomic mass is 9.93. The monoisotopic (exact) mass is 376 g/mol. The Hall–Kier alpha value is -2.62. The Balaban J connectivity index is 1.46. The SMILES string of the molecule is O=C(NC1CN(C(c2ccccc2)c2ccccc2)C1)c1ccccc1Cl. The minimum Gasteiger partial charge on any atom is -0.347 e. The molecule has 3 aromatic carbocycles. The number of carbonyl (C=O) groups is 1. The molecule has 1 N–H and O–H groups in total. The number of hydrogen-bond donors (Lipinski definition) is 1. The minimum absolute atomic E-state index is 0.110. The zero-order valence-corrected chi connectivity index (χ0v) is 15.6. The number of carbonyl (C=O) groups excluding carboxylic acids is 1. The molecule has 1 aliphatic rings. The molecule has 4 heteroatoms. The number of amides is 1. The van der Waals surface area contributed by atoms with Gasteiger partial charge in [-0.1, -0.05) is 84.4 Å². The Morgan fingerprint density at radius 3 is 1.93 bits per heavy atom. The zero-order valence-electron chi connectivity index (χ0n) is 14.9. The summed E-state index contributed by atoms with van der Waals surface area (Å²) in [6, 6.07) is 28.5. The predicted molar refractivity (Wildman–Crippen MR) is 109 cm³/mol. The van der Waals surface area contributed by atoms with E-state index in [1.807, 2.05) is 24.3 Å². The van der Waals surface area contributed by atoms with E-state index in [0.717, 1.165) is 13.1 Å². The smallest absolute Gasteiger partial charge is 0.253 e. The molecule has 0 unspecified atom stereocenters. The van der Waals surface area contributed by atoms with Crippen LogP contribution >= 0.6 is 11.6 Å². The van der Waals surface area contributed by atoms with Crippen LogP contribution in [0.25, 0.3) is 0 Å². The second-order valence-corrected chi connectivity index (χ2v) is 7.24. The van der Waals surface area contributed by atoms with Crippen LogP contribution in [0.1, 0.15) is 27.5 Å². The minimum atomic E-state index is -0.110. The second-order valence-electron chi connectivity index (χ2n) is 6.83. The molecule has 3 aromatic rings. The van der Waals surface area contributed by atoms with Gasteiger partial charge in [0.2, 0.25) is 0 Å². The van der Waals surface area contributed by atoms with Crippen LogP contribution in [0, 0.1) is 0 Å². The highest BCUT2D eigenvalue weighted by Crippen LogP contribution is 2.32. The molecule has 3 nitrogen and oxygen atoms in total. The molecule has 136 valence electrons. The van der Waals surface area contributed by atoms with Crippen molar-refractivity contribution in [2.75, 3.05) is 13.1 Å². The number of nitrogens with zero attached hydrogens (tertiary/aromatic N) is 1. The van der Waals surface area contributed by atoms with E-state index in [-0.39, 0.29) is 18.0 Å². The first-order valence-electron chi connectivity index (χ1n) is 9.12. The summed E-state index contributed by atoms with van der Waals surface area (Å²) in [5.41, 5.74) is 3.06. The number of hydrogen-bond acceptors (Lipinski definition) is 2. The van der Waals surface area contributed by atoms with Gasteiger partial charge in [-0.2, -0.15) is 0 Å². The molecule has 1 heterocycles. The Morgan fingerprint density at radius 2 is 1.37 bits per heavy atom. The quantitative estimate of drug-likeness (QED) is 0.708. The molecule has 0 aromatic heterocycles. The van der Waals surface area contributed by atoms with E-state index in [0.29, 0.717) is 10.6 Å². The van der Waals surface area contributed by atoms with Crippen molar-refractivity contribution in [3.63, 3.8) is 0 Å². The summed E-state index contributed by atoms with van der Waals surface area (Å²) in [6.45, 7) is 1.62. The number of nitrogens with one attached hydrogen (secondary N) is 1. The second kappa shape index (κ2) is 7.95. The summed E-state index contributed by atoms with van der Waals surface area (Å²) in [6.07, 6.45) is 0. The molecule has 4 rings (SSSR count). The van der Waals surface area contributed by atoms with Gasteiger partial charge in [-0.15, -0.1) is 0 Å². The van der Waals surface area contributed by atoms with Crippen LogP contribution in [0.3, 0.4) is 0 Å². The van der Waals surface area contributed by atoms with E-state index in [1.165, 1.54) is 11.1 Å². The van der Waals surface area contributed by atoms with Gasteiger partial charge in [0, 0.05) is 13.1 Å². The number of benzene rings is 3. The molecular formula is C23H21ClN2O. The molecule has 0 atom stereocenters. The van der Waals surface area contributed by atoms with Crippen molar-refractivity contribution >= 4 is 17.5 Å². The first kappa shape index (κ1) is 17.8. The molecule has 0 saturated carbocycles. The molecule has 0 radical (unpaired) electrons. The summed E-state index contributed by atoms with van der Waals surface area (Å²) in [5, 5.41) is 3.58. The lowest BCUT2D eigenvalue weighted by Crippen LogP contribution is -2.60. The molecule has 0 aliphatic carbocycles. The average Bonchev–Trinajstić information content (AvgIpc) is 2.68. The normalized spacial score (nSPS) is 14.7. The molecular weight excluding hydrogens is 356 g/mol. The van der Waals surface area contributed by atoms with Gasteiger partial charge in [0.1, 0.15) is 0 Å². The summed E-state index contributed by atoms with van der Waals surface area (Å²) in [7, 11) is 0. The fourth-order valence-corrected chi connectivity index (χ4v) is 3.83. The first-order chi connectivity index (χ1) is 13.2. The van der Waals surface area contributed by atoms with Crippen molar-refractivity contribution < 1.29 is 4.79 Å². The summed E-state index contributed by atoms with van der Waals surface area (Å²) >= 11 is 6.13. The third-order valence-corrected chi connectivity index (χ3v) is 5.29. The van der Waals surface area contributed by atoms with Crippen LogP contribution in [-0.4, -0.2) is 29.9 Å². The van der Waals surface area contributed by atoms with E-state index in [9.17, 15) is 4.79 Å². The fourth-order valence-electron chi connectivity index (χ4n) is 3.61. The molecule has 1 saturated heterocycles. The highest BCUT2D eigenvalue weighted by molar-refractivity contribution is 6.33. The van der Waals surface area contributed by atoms with Gasteiger partial charge in [0.05, 0.1) is 22.7 Å². The fraction of sp³-hybridized carbons (Fsp3) is 0.174. The number of rotatable bonds is 5. The molecule has 1 fully saturated rings. The van der Waals surface area contributed by atoms with Gasteiger partial charge < -0.3 is 5.32 Å². The third-order valence-electron chi connectivity index (χ3n) is 4.96. The highest BCUT2D eigenvalue weighted by Gasteiger charge is 2.35. The highest BCUT2D eigenvalue weighted by atomic mass is 35.5. The molecule has 1 amide bonds. The maximum atomic E-state index is 12.5. The number of halogens is 1. The zero-order chi connectivity index (χ0) is 18.6. The standard InChI is InChI=1S/C23H21ClN2O/c24-21-14-8-7-13-20(21)23(27)25-19-15-26(16-19)22(17-9-3-1-4-10-17)18-11-5-2-6-12-18/h1-14,19,22H,15-16H2,(H,25,27). The molecule has 0 spiro atoms. The molecule has 1 aliphatic heterocycles. The predicted octanol–water partition coefficient (Wildman–Crippen LogP) is 4.54. The van der Waals surface area contributed by atoms with E-state index < -0.39 is 0 Å². The average molecular weight is 377 g/mol. The van der Waals surface area contributed by atoms with Crippen molar-refractivity contribution in [3.05, 3.63) is 107 Å².